The number of aromatic nitrogens is 2. The summed E-state index contributed by atoms with van der Waals surface area (Å²) in [5.74, 6) is -0.0489. The lowest BCUT2D eigenvalue weighted by molar-refractivity contribution is -0.151. The molecule has 0 spiro atoms. The maximum absolute atomic E-state index is 13.4. The average Bonchev–Trinajstić information content (AvgIpc) is 2.92. The van der Waals surface area contributed by atoms with Crippen molar-refractivity contribution in [3.05, 3.63) is 64.4 Å². The number of carbonyl (C=O) groups excluding carboxylic acids is 2. The van der Waals surface area contributed by atoms with E-state index in [-0.39, 0.29) is 28.6 Å². The Morgan fingerprint density at radius 3 is 2.69 bits per heavy atom. The number of rotatable bonds is 9. The topological polar surface area (TPSA) is 81.5 Å². The molecule has 1 aliphatic heterocycles. The Kier molecular flexibility index (Phi) is 9.32. The summed E-state index contributed by atoms with van der Waals surface area (Å²) in [7, 11) is 0. The summed E-state index contributed by atoms with van der Waals surface area (Å²) in [6.07, 6.45) is -1.53. The van der Waals surface area contributed by atoms with Gasteiger partial charge in [0.05, 0.1) is 34.7 Å². The second kappa shape index (κ2) is 12.7. The summed E-state index contributed by atoms with van der Waals surface area (Å²) in [6, 6.07) is 11.4. The zero-order chi connectivity index (χ0) is 28.0. The van der Waals surface area contributed by atoms with Crippen LogP contribution >= 0.6 is 11.8 Å². The third kappa shape index (κ3) is 7.00. The largest absolute Gasteiger partial charge is 0.466 e. The van der Waals surface area contributed by atoms with Crippen LogP contribution in [0.4, 0.5) is 13.2 Å². The van der Waals surface area contributed by atoms with Gasteiger partial charge in [0, 0.05) is 25.3 Å². The molecule has 4 rings (SSSR count). The van der Waals surface area contributed by atoms with Gasteiger partial charge in [-0.3, -0.25) is 19.0 Å². The number of thioether (sulfide) groups is 1. The monoisotopic (exact) mass is 561 g/mol. The molecule has 1 aliphatic rings. The van der Waals surface area contributed by atoms with Crippen molar-refractivity contribution in [2.75, 3.05) is 25.4 Å². The van der Waals surface area contributed by atoms with E-state index in [1.54, 1.807) is 36.1 Å². The van der Waals surface area contributed by atoms with Gasteiger partial charge >= 0.3 is 12.1 Å². The van der Waals surface area contributed by atoms with Gasteiger partial charge in [-0.15, -0.1) is 0 Å². The van der Waals surface area contributed by atoms with Crippen molar-refractivity contribution in [3.8, 4) is 5.69 Å². The maximum atomic E-state index is 13.4. The van der Waals surface area contributed by atoms with E-state index in [2.05, 4.69) is 4.98 Å². The van der Waals surface area contributed by atoms with Gasteiger partial charge < -0.3 is 9.64 Å². The van der Waals surface area contributed by atoms with E-state index in [0.29, 0.717) is 62.0 Å². The van der Waals surface area contributed by atoms with Crippen molar-refractivity contribution in [1.82, 2.24) is 14.5 Å². The van der Waals surface area contributed by atoms with E-state index in [0.717, 1.165) is 18.6 Å². The third-order valence-electron chi connectivity index (χ3n) is 6.59. The van der Waals surface area contributed by atoms with E-state index >= 15 is 0 Å². The Labute approximate surface area is 228 Å². The number of carbonyl (C=O) groups is 2. The van der Waals surface area contributed by atoms with Crippen LogP contribution in [0.1, 0.15) is 44.6 Å². The second-order valence-corrected chi connectivity index (χ2v) is 10.4. The van der Waals surface area contributed by atoms with Crippen molar-refractivity contribution in [3.63, 3.8) is 0 Å². The molecule has 0 N–H and O–H groups in total. The SMILES string of the molecule is CCOC(=O)C1CCCN(C(=O)CCCCSc2nc3ccccc3c(=O)n2-c2cccc(C(F)(F)F)c2)C1. The van der Waals surface area contributed by atoms with Gasteiger partial charge in [0.1, 0.15) is 0 Å². The zero-order valence-electron chi connectivity index (χ0n) is 21.6. The fourth-order valence-electron chi connectivity index (χ4n) is 4.61. The third-order valence-corrected chi connectivity index (χ3v) is 7.61. The first-order valence-electron chi connectivity index (χ1n) is 13.0. The molecular formula is C28H30F3N3O4S. The van der Waals surface area contributed by atoms with Gasteiger partial charge in [-0.25, -0.2) is 4.98 Å². The first kappa shape index (κ1) is 28.7. The molecule has 1 fully saturated rings. The van der Waals surface area contributed by atoms with Crippen LogP contribution in [0.2, 0.25) is 0 Å². The predicted molar refractivity (Wildman–Crippen MR) is 143 cm³/mol. The number of amides is 1. The summed E-state index contributed by atoms with van der Waals surface area (Å²) in [4.78, 5) is 44.4. The molecule has 11 heteroatoms. The van der Waals surface area contributed by atoms with Crippen LogP contribution in [0.25, 0.3) is 16.6 Å². The number of nitrogens with zero attached hydrogens (tertiary/aromatic N) is 3. The van der Waals surface area contributed by atoms with Crippen molar-refractivity contribution in [2.24, 2.45) is 5.92 Å². The number of ether oxygens (including phenoxy) is 1. The molecule has 3 aromatic rings. The van der Waals surface area contributed by atoms with Gasteiger partial charge in [0.2, 0.25) is 5.91 Å². The van der Waals surface area contributed by atoms with E-state index < -0.39 is 17.3 Å². The number of hydrogen-bond donors (Lipinski definition) is 0. The molecule has 0 radical (unpaired) electrons. The highest BCUT2D eigenvalue weighted by atomic mass is 32.2. The van der Waals surface area contributed by atoms with Crippen LogP contribution in [0.5, 0.6) is 0 Å². The minimum absolute atomic E-state index is 0.0151. The summed E-state index contributed by atoms with van der Waals surface area (Å²) < 4.78 is 46.4. The number of likely N-dealkylation sites (tertiary alicyclic amines) is 1. The zero-order valence-corrected chi connectivity index (χ0v) is 22.4. The standard InChI is InChI=1S/C28H30F3N3O4S/c1-2-38-26(37)19-9-8-15-33(18-19)24(35)14-5-6-16-39-27-32-23-13-4-3-12-22(23)25(36)34(27)21-11-7-10-20(17-21)28(29,30)31/h3-4,7,10-13,17,19H,2,5-6,8-9,14-16,18H2,1H3. The number of benzene rings is 2. The Balaban J connectivity index is 1.43. The van der Waals surface area contributed by atoms with E-state index in [9.17, 15) is 27.6 Å². The van der Waals surface area contributed by atoms with Crippen LogP contribution < -0.4 is 5.56 Å². The van der Waals surface area contributed by atoms with Gasteiger partial charge in [0.25, 0.3) is 5.56 Å². The van der Waals surface area contributed by atoms with Crippen LogP contribution in [0.3, 0.4) is 0 Å². The first-order chi connectivity index (χ1) is 18.7. The normalized spacial score (nSPS) is 15.9. The highest BCUT2D eigenvalue weighted by Crippen LogP contribution is 2.31. The second-order valence-electron chi connectivity index (χ2n) is 9.34. The molecule has 1 saturated heterocycles. The minimum atomic E-state index is -4.55. The lowest BCUT2D eigenvalue weighted by Gasteiger charge is -2.31. The number of esters is 1. The highest BCUT2D eigenvalue weighted by Gasteiger charge is 2.31. The fraction of sp³-hybridized carbons (Fsp3) is 0.429. The number of alkyl halides is 3. The lowest BCUT2D eigenvalue weighted by Crippen LogP contribution is -2.42. The van der Waals surface area contributed by atoms with Crippen molar-refractivity contribution < 1.29 is 27.5 Å². The lowest BCUT2D eigenvalue weighted by atomic mass is 9.98. The molecular weight excluding hydrogens is 531 g/mol. The fourth-order valence-corrected chi connectivity index (χ4v) is 5.63. The molecule has 2 heterocycles. The Morgan fingerprint density at radius 1 is 1.13 bits per heavy atom. The van der Waals surface area contributed by atoms with Gasteiger partial charge in [-0.2, -0.15) is 13.2 Å². The molecule has 1 unspecified atom stereocenters. The number of halogens is 3. The van der Waals surface area contributed by atoms with Crippen LogP contribution in [0.15, 0.2) is 58.5 Å². The summed E-state index contributed by atoms with van der Waals surface area (Å²) in [6.45, 7) is 3.06. The Morgan fingerprint density at radius 2 is 1.92 bits per heavy atom. The van der Waals surface area contributed by atoms with Gasteiger partial charge in [-0.1, -0.05) is 30.0 Å². The molecule has 2 aromatic carbocycles. The van der Waals surface area contributed by atoms with Crippen molar-refractivity contribution in [1.29, 1.82) is 0 Å². The first-order valence-corrected chi connectivity index (χ1v) is 13.9. The number of para-hydroxylation sites is 1. The molecule has 0 aliphatic carbocycles. The highest BCUT2D eigenvalue weighted by molar-refractivity contribution is 7.99. The Bertz CT molecular complexity index is 1390. The number of fused-ring (bicyclic) bond motifs is 1. The van der Waals surface area contributed by atoms with Gasteiger partial charge in [-0.05, 0) is 62.9 Å². The molecule has 0 saturated carbocycles. The van der Waals surface area contributed by atoms with Crippen LogP contribution in [-0.2, 0) is 20.5 Å². The molecule has 1 amide bonds. The molecule has 1 aromatic heterocycles. The van der Waals surface area contributed by atoms with E-state index in [1.165, 1.54) is 28.5 Å². The predicted octanol–water partition coefficient (Wildman–Crippen LogP) is 5.47. The molecule has 208 valence electrons. The minimum Gasteiger partial charge on any atom is -0.466 e. The average molecular weight is 562 g/mol. The summed E-state index contributed by atoms with van der Waals surface area (Å²) >= 11 is 1.27. The molecule has 1 atom stereocenters. The Hall–Kier alpha value is -3.34. The summed E-state index contributed by atoms with van der Waals surface area (Å²) in [5, 5.41) is 0.602. The molecule has 39 heavy (non-hydrogen) atoms. The molecule has 7 nitrogen and oxygen atoms in total. The number of hydrogen-bond acceptors (Lipinski definition) is 6. The van der Waals surface area contributed by atoms with Gasteiger partial charge in [0.15, 0.2) is 5.16 Å². The molecule has 0 bridgehead atoms. The van der Waals surface area contributed by atoms with Crippen LogP contribution in [-0.4, -0.2) is 51.8 Å². The summed E-state index contributed by atoms with van der Waals surface area (Å²) in [5.41, 5.74) is -0.743. The van der Waals surface area contributed by atoms with Crippen LogP contribution in [0, 0.1) is 5.92 Å². The number of piperidine rings is 1. The smallest absolute Gasteiger partial charge is 0.416 e. The number of unbranched alkanes of at least 4 members (excludes halogenated alkanes) is 1. The maximum Gasteiger partial charge on any atom is 0.416 e. The van der Waals surface area contributed by atoms with Crippen molar-refractivity contribution >= 4 is 34.5 Å². The van der Waals surface area contributed by atoms with E-state index in [4.69, 9.17) is 4.74 Å². The van der Waals surface area contributed by atoms with E-state index in [1.807, 2.05) is 0 Å². The quantitative estimate of drug-likeness (QED) is 0.149. The van der Waals surface area contributed by atoms with Crippen molar-refractivity contribution in [2.45, 2.75) is 50.4 Å².